The molecule has 0 saturated heterocycles. The van der Waals surface area contributed by atoms with Crippen molar-refractivity contribution in [2.45, 2.75) is 0 Å². The number of hydrogen-bond acceptors (Lipinski definition) is 4. The van der Waals surface area contributed by atoms with Crippen LogP contribution in [-0.4, -0.2) is 22.9 Å². The van der Waals surface area contributed by atoms with Gasteiger partial charge in [-0.1, -0.05) is 34.1 Å². The first kappa shape index (κ1) is 16.1. The van der Waals surface area contributed by atoms with E-state index >= 15 is 0 Å². The van der Waals surface area contributed by atoms with E-state index in [1.165, 1.54) is 12.4 Å². The van der Waals surface area contributed by atoms with Crippen LogP contribution in [0.2, 0.25) is 0 Å². The zero-order chi connectivity index (χ0) is 16.9. The molecule has 3 rings (SSSR count). The Kier molecular flexibility index (Phi) is 4.86. The molecular formula is C18H15BrN4O. The summed E-state index contributed by atoms with van der Waals surface area (Å²) in [5.74, 6) is 0.285. The predicted octanol–water partition coefficient (Wildman–Crippen LogP) is 4.26. The summed E-state index contributed by atoms with van der Waals surface area (Å²) in [6.45, 7) is 0. The summed E-state index contributed by atoms with van der Waals surface area (Å²) in [6.07, 6.45) is 3.05. The van der Waals surface area contributed by atoms with E-state index in [0.717, 1.165) is 15.8 Å². The summed E-state index contributed by atoms with van der Waals surface area (Å²) in [5.41, 5.74) is 2.13. The molecule has 1 amide bonds. The highest BCUT2D eigenvalue weighted by Gasteiger charge is 2.14. The lowest BCUT2D eigenvalue weighted by Gasteiger charge is -2.17. The van der Waals surface area contributed by atoms with Gasteiger partial charge in [0.25, 0.3) is 5.91 Å². The fraction of sp³-hybridized carbons (Fsp3) is 0.0556. The summed E-state index contributed by atoms with van der Waals surface area (Å²) in [4.78, 5) is 22.5. The van der Waals surface area contributed by atoms with Crippen LogP contribution >= 0.6 is 15.9 Å². The molecule has 1 N–H and O–H groups in total. The van der Waals surface area contributed by atoms with Gasteiger partial charge in [0, 0.05) is 35.3 Å². The van der Waals surface area contributed by atoms with Crippen LogP contribution in [0.25, 0.3) is 0 Å². The normalized spacial score (nSPS) is 10.2. The molecule has 0 fully saturated rings. The molecule has 2 aromatic carbocycles. The highest BCUT2D eigenvalue weighted by atomic mass is 79.9. The minimum Gasteiger partial charge on any atom is -0.324 e. The molecule has 0 atom stereocenters. The van der Waals surface area contributed by atoms with Crippen molar-refractivity contribution in [3.05, 3.63) is 77.0 Å². The highest BCUT2D eigenvalue weighted by Crippen LogP contribution is 2.18. The first-order valence-corrected chi connectivity index (χ1v) is 8.10. The van der Waals surface area contributed by atoms with Crippen molar-refractivity contribution in [2.75, 3.05) is 17.3 Å². The van der Waals surface area contributed by atoms with Gasteiger partial charge in [0.05, 0.1) is 5.56 Å². The maximum Gasteiger partial charge on any atom is 0.261 e. The lowest BCUT2D eigenvalue weighted by molar-refractivity contribution is 0.0992. The van der Waals surface area contributed by atoms with Gasteiger partial charge in [0.2, 0.25) is 5.95 Å². The van der Waals surface area contributed by atoms with Gasteiger partial charge in [-0.25, -0.2) is 9.97 Å². The molecule has 0 aliphatic heterocycles. The maximum absolute atomic E-state index is 12.5. The Bertz CT molecular complexity index is 820. The van der Waals surface area contributed by atoms with E-state index < -0.39 is 0 Å². The van der Waals surface area contributed by atoms with Crippen molar-refractivity contribution < 1.29 is 4.79 Å². The molecule has 0 aliphatic rings. The van der Waals surface area contributed by atoms with Crippen molar-refractivity contribution in [2.24, 2.45) is 0 Å². The molecule has 0 saturated carbocycles. The largest absolute Gasteiger partial charge is 0.324 e. The Morgan fingerprint density at radius 1 is 1.00 bits per heavy atom. The van der Waals surface area contributed by atoms with Crippen LogP contribution in [0.4, 0.5) is 17.3 Å². The molecule has 3 aromatic rings. The van der Waals surface area contributed by atoms with Gasteiger partial charge in [-0.2, -0.15) is 0 Å². The molecule has 1 heterocycles. The standard InChI is InChI=1S/C18H15BrN4O/c1-23(16-5-3-2-4-6-16)17(24)13-11-20-18(21-12-13)22-15-9-7-14(19)8-10-15/h2-12H,1H3,(H,20,21,22). The number of para-hydroxylation sites is 1. The number of halogens is 1. The first-order valence-electron chi connectivity index (χ1n) is 7.31. The van der Waals surface area contributed by atoms with Gasteiger partial charge in [-0.15, -0.1) is 0 Å². The number of nitrogens with zero attached hydrogens (tertiary/aromatic N) is 3. The maximum atomic E-state index is 12.5. The van der Waals surface area contributed by atoms with Crippen molar-refractivity contribution >= 4 is 39.2 Å². The van der Waals surface area contributed by atoms with E-state index in [-0.39, 0.29) is 5.91 Å². The summed E-state index contributed by atoms with van der Waals surface area (Å²) >= 11 is 3.39. The van der Waals surface area contributed by atoms with Crippen LogP contribution in [0.3, 0.4) is 0 Å². The monoisotopic (exact) mass is 382 g/mol. The summed E-state index contributed by atoms with van der Waals surface area (Å²) in [6, 6.07) is 17.1. The molecular weight excluding hydrogens is 368 g/mol. The molecule has 0 aliphatic carbocycles. The summed E-state index contributed by atoms with van der Waals surface area (Å²) in [5, 5.41) is 3.09. The zero-order valence-corrected chi connectivity index (χ0v) is 14.6. The Morgan fingerprint density at radius 2 is 1.62 bits per heavy atom. The van der Waals surface area contributed by atoms with Crippen LogP contribution in [0, 0.1) is 0 Å². The van der Waals surface area contributed by atoms with Crippen molar-refractivity contribution in [1.29, 1.82) is 0 Å². The number of rotatable bonds is 4. The van der Waals surface area contributed by atoms with E-state index in [4.69, 9.17) is 0 Å². The van der Waals surface area contributed by atoms with Crippen molar-refractivity contribution in [3.8, 4) is 0 Å². The van der Waals surface area contributed by atoms with Crippen LogP contribution in [0.5, 0.6) is 0 Å². The van der Waals surface area contributed by atoms with Crippen LogP contribution in [-0.2, 0) is 0 Å². The molecule has 1 aromatic heterocycles. The van der Waals surface area contributed by atoms with Gasteiger partial charge < -0.3 is 10.2 Å². The summed E-state index contributed by atoms with van der Waals surface area (Å²) in [7, 11) is 1.73. The third kappa shape index (κ3) is 3.78. The number of hydrogen-bond donors (Lipinski definition) is 1. The van der Waals surface area contributed by atoms with Gasteiger partial charge in [-0.3, -0.25) is 4.79 Å². The number of amides is 1. The predicted molar refractivity (Wildman–Crippen MR) is 98.6 cm³/mol. The first-order chi connectivity index (χ1) is 11.6. The van der Waals surface area contributed by atoms with E-state index in [1.54, 1.807) is 11.9 Å². The average molecular weight is 383 g/mol. The van der Waals surface area contributed by atoms with Gasteiger partial charge in [0.1, 0.15) is 0 Å². The molecule has 0 radical (unpaired) electrons. The second-order valence-corrected chi connectivity index (χ2v) is 6.04. The molecule has 6 heteroatoms. The lowest BCUT2D eigenvalue weighted by Crippen LogP contribution is -2.26. The topological polar surface area (TPSA) is 58.1 Å². The summed E-state index contributed by atoms with van der Waals surface area (Å²) < 4.78 is 0.999. The smallest absolute Gasteiger partial charge is 0.261 e. The van der Waals surface area contributed by atoms with Crippen molar-refractivity contribution in [3.63, 3.8) is 0 Å². The van der Waals surface area contributed by atoms with Crippen LogP contribution in [0.15, 0.2) is 71.5 Å². The third-order valence-corrected chi connectivity index (χ3v) is 3.98. The number of carbonyl (C=O) groups is 1. The molecule has 24 heavy (non-hydrogen) atoms. The zero-order valence-electron chi connectivity index (χ0n) is 13.0. The van der Waals surface area contributed by atoms with Crippen molar-refractivity contribution in [1.82, 2.24) is 9.97 Å². The third-order valence-electron chi connectivity index (χ3n) is 3.45. The van der Waals surface area contributed by atoms with Gasteiger partial charge in [0.15, 0.2) is 0 Å². The highest BCUT2D eigenvalue weighted by molar-refractivity contribution is 9.10. The lowest BCUT2D eigenvalue weighted by atomic mass is 10.2. The Hall–Kier alpha value is -2.73. The minimum atomic E-state index is -0.156. The average Bonchev–Trinajstić information content (AvgIpc) is 2.64. The molecule has 0 unspecified atom stereocenters. The van der Waals surface area contributed by atoms with Gasteiger partial charge in [-0.05, 0) is 36.4 Å². The number of carbonyl (C=O) groups excluding carboxylic acids is 1. The van der Waals surface area contributed by atoms with Crippen LogP contribution < -0.4 is 10.2 Å². The quantitative estimate of drug-likeness (QED) is 0.732. The van der Waals surface area contributed by atoms with E-state index in [1.807, 2.05) is 54.6 Å². The van der Waals surface area contributed by atoms with Gasteiger partial charge >= 0.3 is 0 Å². The van der Waals surface area contributed by atoms with E-state index in [0.29, 0.717) is 11.5 Å². The second kappa shape index (κ2) is 7.23. The minimum absolute atomic E-state index is 0.156. The number of aromatic nitrogens is 2. The Balaban J connectivity index is 1.72. The molecule has 120 valence electrons. The SMILES string of the molecule is CN(C(=O)c1cnc(Nc2ccc(Br)cc2)nc1)c1ccccc1. The fourth-order valence-corrected chi connectivity index (χ4v) is 2.39. The van der Waals surface area contributed by atoms with E-state index in [2.05, 4.69) is 31.2 Å². The fourth-order valence-electron chi connectivity index (χ4n) is 2.13. The van der Waals surface area contributed by atoms with E-state index in [9.17, 15) is 4.79 Å². The number of benzene rings is 2. The molecule has 5 nitrogen and oxygen atoms in total. The molecule has 0 spiro atoms. The van der Waals surface area contributed by atoms with Crippen LogP contribution in [0.1, 0.15) is 10.4 Å². The Morgan fingerprint density at radius 3 is 2.25 bits per heavy atom. The molecule has 0 bridgehead atoms. The number of nitrogens with one attached hydrogen (secondary N) is 1. The number of anilines is 3. The second-order valence-electron chi connectivity index (χ2n) is 5.13. The Labute approximate surface area is 148 Å².